The minimum Gasteiger partial charge on any atom is -1.00 e. The maximum absolute atomic E-state index is 2.45. The van der Waals surface area contributed by atoms with Crippen molar-refractivity contribution in [2.75, 3.05) is 19.0 Å². The third-order valence-electron chi connectivity index (χ3n) is 4.31. The summed E-state index contributed by atoms with van der Waals surface area (Å²) in [5, 5.41) is 3.67. The largest absolute Gasteiger partial charge is 1.00 e. The van der Waals surface area contributed by atoms with Gasteiger partial charge < -0.3 is 24.0 Å². The quantitative estimate of drug-likeness (QED) is 0.294. The first-order chi connectivity index (χ1) is 11.7. The molecule has 1 heterocycles. The number of hydrogen-bond acceptors (Lipinski definition) is 2. The van der Waals surface area contributed by atoms with E-state index in [1.54, 1.807) is 0 Å². The summed E-state index contributed by atoms with van der Waals surface area (Å²) in [5.41, 5.74) is 1.30. The zero-order valence-electron chi connectivity index (χ0n) is 15.7. The van der Waals surface area contributed by atoms with Gasteiger partial charge >= 0.3 is 0 Å². The SMILES string of the molecule is Cc1scc(N(C)C)[n+]1CCCCCCCC=Cc1ccccc1.[I-]. The number of benzene rings is 1. The van der Waals surface area contributed by atoms with E-state index in [0.29, 0.717) is 0 Å². The van der Waals surface area contributed by atoms with Crippen molar-refractivity contribution in [1.29, 1.82) is 0 Å². The molecule has 0 aliphatic carbocycles. The van der Waals surface area contributed by atoms with Crippen LogP contribution in [-0.4, -0.2) is 14.1 Å². The Morgan fingerprint density at radius 3 is 2.40 bits per heavy atom. The lowest BCUT2D eigenvalue weighted by Crippen LogP contribution is -3.00. The molecule has 0 saturated carbocycles. The molecule has 25 heavy (non-hydrogen) atoms. The molecule has 2 nitrogen and oxygen atoms in total. The van der Waals surface area contributed by atoms with Crippen molar-refractivity contribution in [2.45, 2.75) is 52.0 Å². The van der Waals surface area contributed by atoms with Gasteiger partial charge in [-0.15, -0.1) is 0 Å². The maximum atomic E-state index is 2.45. The number of anilines is 1. The highest BCUT2D eigenvalue weighted by Crippen LogP contribution is 2.15. The highest BCUT2D eigenvalue weighted by atomic mass is 127. The first kappa shape index (κ1) is 22.2. The van der Waals surface area contributed by atoms with Gasteiger partial charge in [0.25, 0.3) is 5.82 Å². The molecule has 0 fully saturated rings. The molecule has 0 unspecified atom stereocenters. The first-order valence-corrected chi connectivity index (χ1v) is 9.93. The van der Waals surface area contributed by atoms with Crippen LogP contribution in [0.5, 0.6) is 0 Å². The van der Waals surface area contributed by atoms with Gasteiger partial charge in [0.1, 0.15) is 0 Å². The number of aryl methyl sites for hydroxylation is 1. The van der Waals surface area contributed by atoms with E-state index in [1.807, 2.05) is 11.3 Å². The Labute approximate surface area is 174 Å². The topological polar surface area (TPSA) is 7.12 Å². The Hall–Kier alpha value is -0.880. The third-order valence-corrected chi connectivity index (χ3v) is 5.20. The van der Waals surface area contributed by atoms with E-state index in [-0.39, 0.29) is 24.0 Å². The molecule has 0 spiro atoms. The van der Waals surface area contributed by atoms with Gasteiger partial charge in [-0.3, -0.25) is 4.90 Å². The Morgan fingerprint density at radius 2 is 1.68 bits per heavy atom. The summed E-state index contributed by atoms with van der Waals surface area (Å²) in [4.78, 5) is 2.21. The second kappa shape index (κ2) is 12.5. The fraction of sp³-hybridized carbons (Fsp3) is 0.476. The Kier molecular flexibility index (Phi) is 11.1. The smallest absolute Gasteiger partial charge is 0.287 e. The number of nitrogens with zero attached hydrogens (tertiary/aromatic N) is 2. The van der Waals surface area contributed by atoms with E-state index in [1.165, 1.54) is 54.9 Å². The number of rotatable bonds is 10. The molecule has 0 atom stereocenters. The van der Waals surface area contributed by atoms with Crippen LogP contribution in [0, 0.1) is 6.92 Å². The molecule has 0 aliphatic rings. The Bertz CT molecular complexity index is 620. The standard InChI is InChI=1S/C21H31N2S.HI/c1-19-23(21(18-24-19)22(2)3)17-13-8-6-4-5-7-10-14-20-15-11-9-12-16-20;/h9-12,14-16,18H,4-8,13,17H2,1-3H3;1H/q+1;/p-1. The van der Waals surface area contributed by atoms with Crippen molar-refractivity contribution in [3.63, 3.8) is 0 Å². The van der Waals surface area contributed by atoms with Crippen molar-refractivity contribution < 1.29 is 28.5 Å². The lowest BCUT2D eigenvalue weighted by Gasteiger charge is -2.07. The Balaban J connectivity index is 0.00000312. The summed E-state index contributed by atoms with van der Waals surface area (Å²) in [5.74, 6) is 1.34. The molecule has 4 heteroatoms. The zero-order valence-corrected chi connectivity index (χ0v) is 18.7. The van der Waals surface area contributed by atoms with Crippen molar-refractivity contribution in [3.05, 3.63) is 52.4 Å². The molecule has 0 aliphatic heterocycles. The summed E-state index contributed by atoms with van der Waals surface area (Å²) in [6.45, 7) is 3.37. The monoisotopic (exact) mass is 470 g/mol. The zero-order chi connectivity index (χ0) is 17.2. The molecule has 1 aromatic heterocycles. The molecule has 0 bridgehead atoms. The molecule has 2 rings (SSSR count). The average molecular weight is 470 g/mol. The molecule has 1 aromatic carbocycles. The predicted molar refractivity (Wildman–Crippen MR) is 107 cm³/mol. The van der Waals surface area contributed by atoms with Crippen molar-refractivity contribution in [2.24, 2.45) is 0 Å². The summed E-state index contributed by atoms with van der Waals surface area (Å²) >= 11 is 1.85. The number of halogens is 1. The summed E-state index contributed by atoms with van der Waals surface area (Å²) in [6.07, 6.45) is 12.3. The maximum Gasteiger partial charge on any atom is 0.287 e. The van der Waals surface area contributed by atoms with Gasteiger partial charge in [0.2, 0.25) is 0 Å². The number of hydrogen-bond donors (Lipinski definition) is 0. The van der Waals surface area contributed by atoms with Crippen LogP contribution >= 0.6 is 11.3 Å². The first-order valence-electron chi connectivity index (χ1n) is 9.05. The summed E-state index contributed by atoms with van der Waals surface area (Å²) in [7, 11) is 4.25. The number of unbranched alkanes of at least 4 members (excludes halogenated alkanes) is 5. The van der Waals surface area contributed by atoms with E-state index >= 15 is 0 Å². The fourth-order valence-electron chi connectivity index (χ4n) is 2.89. The van der Waals surface area contributed by atoms with E-state index in [0.717, 1.165) is 6.54 Å². The second-order valence-electron chi connectivity index (χ2n) is 6.53. The van der Waals surface area contributed by atoms with Crippen molar-refractivity contribution in [1.82, 2.24) is 0 Å². The van der Waals surface area contributed by atoms with Crippen LogP contribution in [0.4, 0.5) is 5.82 Å². The lowest BCUT2D eigenvalue weighted by atomic mass is 10.1. The van der Waals surface area contributed by atoms with Gasteiger partial charge in [0, 0.05) is 6.92 Å². The normalized spacial score (nSPS) is 10.8. The molecule has 0 saturated heterocycles. The van der Waals surface area contributed by atoms with Crippen LogP contribution in [0.25, 0.3) is 6.08 Å². The average Bonchev–Trinajstić information content (AvgIpc) is 2.95. The van der Waals surface area contributed by atoms with E-state index < -0.39 is 0 Å². The minimum atomic E-state index is 0. The predicted octanol–water partition coefficient (Wildman–Crippen LogP) is 2.47. The van der Waals surface area contributed by atoms with Crippen molar-refractivity contribution in [3.8, 4) is 0 Å². The molecular formula is C21H31IN2S. The van der Waals surface area contributed by atoms with Crippen molar-refractivity contribution >= 4 is 23.2 Å². The molecule has 138 valence electrons. The second-order valence-corrected chi connectivity index (χ2v) is 7.59. The van der Waals surface area contributed by atoms with Crippen LogP contribution < -0.4 is 33.4 Å². The van der Waals surface area contributed by atoms with Crippen LogP contribution in [0.3, 0.4) is 0 Å². The fourth-order valence-corrected chi connectivity index (χ4v) is 3.82. The molecule has 2 aromatic rings. The van der Waals surface area contributed by atoms with E-state index in [2.05, 4.69) is 78.4 Å². The summed E-state index contributed by atoms with van der Waals surface area (Å²) in [6, 6.07) is 10.6. The molecule has 0 N–H and O–H groups in total. The van der Waals surface area contributed by atoms with Crippen LogP contribution in [0.1, 0.15) is 49.1 Å². The third kappa shape index (κ3) is 7.90. The number of thiazole rings is 1. The molecular weight excluding hydrogens is 439 g/mol. The van der Waals surface area contributed by atoms with Crippen LogP contribution in [0.2, 0.25) is 0 Å². The number of allylic oxidation sites excluding steroid dienone is 1. The van der Waals surface area contributed by atoms with Crippen LogP contribution in [-0.2, 0) is 6.54 Å². The summed E-state index contributed by atoms with van der Waals surface area (Å²) < 4.78 is 2.45. The van der Waals surface area contributed by atoms with Gasteiger partial charge in [0.05, 0.1) is 26.0 Å². The number of aromatic nitrogens is 1. The lowest BCUT2D eigenvalue weighted by molar-refractivity contribution is -0.686. The van der Waals surface area contributed by atoms with Gasteiger partial charge in [-0.1, -0.05) is 66.7 Å². The molecule has 0 radical (unpaired) electrons. The van der Waals surface area contributed by atoms with E-state index in [4.69, 9.17) is 0 Å². The van der Waals surface area contributed by atoms with Gasteiger partial charge in [0.15, 0.2) is 5.01 Å². The molecule has 0 amide bonds. The minimum absolute atomic E-state index is 0. The highest BCUT2D eigenvalue weighted by molar-refractivity contribution is 7.09. The Morgan fingerprint density at radius 1 is 1.00 bits per heavy atom. The van der Waals surface area contributed by atoms with Gasteiger partial charge in [-0.2, -0.15) is 0 Å². The van der Waals surface area contributed by atoms with Crippen LogP contribution in [0.15, 0.2) is 41.8 Å². The van der Waals surface area contributed by atoms with E-state index in [9.17, 15) is 0 Å². The highest BCUT2D eigenvalue weighted by Gasteiger charge is 2.15. The van der Waals surface area contributed by atoms with Gasteiger partial charge in [-0.05, 0) is 31.2 Å². The van der Waals surface area contributed by atoms with Gasteiger partial charge in [-0.25, -0.2) is 4.57 Å².